The van der Waals surface area contributed by atoms with Crippen molar-refractivity contribution < 1.29 is 9.66 Å². The molecule has 0 amide bonds. The number of aromatic nitrogens is 4. The quantitative estimate of drug-likeness (QED) is 0.244. The van der Waals surface area contributed by atoms with Crippen LogP contribution in [0.1, 0.15) is 17.7 Å². The van der Waals surface area contributed by atoms with Crippen LogP contribution in [0.5, 0.6) is 5.75 Å². The number of methoxy groups -OCH3 is 1. The number of anilines is 2. The van der Waals surface area contributed by atoms with Gasteiger partial charge in [-0.05, 0) is 49.6 Å². The predicted octanol–water partition coefficient (Wildman–Crippen LogP) is 3.64. The predicted molar refractivity (Wildman–Crippen MR) is 122 cm³/mol. The molecule has 3 N–H and O–H groups in total. The van der Waals surface area contributed by atoms with E-state index in [4.69, 9.17) is 15.5 Å². The summed E-state index contributed by atoms with van der Waals surface area (Å²) in [5, 5.41) is 14.2. The minimum absolute atomic E-state index is 0.0650. The van der Waals surface area contributed by atoms with Crippen molar-refractivity contribution in [3.05, 3.63) is 70.2 Å². The first-order valence-electron chi connectivity index (χ1n) is 10.1. The second-order valence-corrected chi connectivity index (χ2v) is 7.30. The third-order valence-electron chi connectivity index (χ3n) is 5.15. The van der Waals surface area contributed by atoms with Crippen LogP contribution < -0.4 is 15.8 Å². The molecule has 0 saturated heterocycles. The monoisotopic (exact) mass is 433 g/mol. The summed E-state index contributed by atoms with van der Waals surface area (Å²) in [6, 6.07) is 10.8. The molecule has 0 aliphatic rings. The molecule has 10 nitrogen and oxygen atoms in total. The molecule has 0 saturated carbocycles. The van der Waals surface area contributed by atoms with Crippen LogP contribution >= 0.6 is 0 Å². The van der Waals surface area contributed by atoms with Crippen LogP contribution in [0.3, 0.4) is 0 Å². The van der Waals surface area contributed by atoms with Crippen molar-refractivity contribution in [2.24, 2.45) is 0 Å². The third-order valence-corrected chi connectivity index (χ3v) is 5.15. The third kappa shape index (κ3) is 4.29. The van der Waals surface area contributed by atoms with Crippen molar-refractivity contribution >= 4 is 23.1 Å². The topological polar surface area (TPSA) is 134 Å². The number of hydrogen-bond donors (Lipinski definition) is 2. The zero-order valence-corrected chi connectivity index (χ0v) is 17.8. The van der Waals surface area contributed by atoms with E-state index in [9.17, 15) is 10.1 Å². The molecule has 0 aliphatic heterocycles. The van der Waals surface area contributed by atoms with E-state index in [1.165, 1.54) is 6.07 Å². The van der Waals surface area contributed by atoms with Gasteiger partial charge in [0.25, 0.3) is 0 Å². The SMILES string of the molecule is COc1ccc(-c2cc3nccn3c(NCCCc3ccc([N+](=O)[O-])c(N)n3)n2)c(C)c1. The van der Waals surface area contributed by atoms with E-state index in [0.29, 0.717) is 24.6 Å². The number of rotatable bonds is 8. The second kappa shape index (κ2) is 8.88. The van der Waals surface area contributed by atoms with Gasteiger partial charge in [-0.25, -0.2) is 15.0 Å². The van der Waals surface area contributed by atoms with Crippen LogP contribution in [-0.2, 0) is 6.42 Å². The lowest BCUT2D eigenvalue weighted by atomic mass is 10.1. The number of hydrogen-bond acceptors (Lipinski definition) is 8. The Morgan fingerprint density at radius 3 is 2.78 bits per heavy atom. The molecule has 3 aromatic heterocycles. The molecule has 32 heavy (non-hydrogen) atoms. The fourth-order valence-corrected chi connectivity index (χ4v) is 3.51. The number of nitrogens with zero attached hydrogens (tertiary/aromatic N) is 5. The first kappa shape index (κ1) is 21.0. The van der Waals surface area contributed by atoms with Crippen LogP contribution in [0.2, 0.25) is 0 Å². The molecule has 3 heterocycles. The van der Waals surface area contributed by atoms with Gasteiger partial charge in [-0.2, -0.15) is 0 Å². The Morgan fingerprint density at radius 2 is 2.06 bits per heavy atom. The molecule has 4 aromatic rings. The number of imidazole rings is 1. The summed E-state index contributed by atoms with van der Waals surface area (Å²) in [6.07, 6.45) is 4.96. The van der Waals surface area contributed by atoms with E-state index in [1.54, 1.807) is 19.4 Å². The lowest BCUT2D eigenvalue weighted by Gasteiger charge is -2.12. The van der Waals surface area contributed by atoms with Gasteiger partial charge < -0.3 is 15.8 Å². The molecule has 0 unspecified atom stereocenters. The first-order valence-corrected chi connectivity index (χ1v) is 10.1. The van der Waals surface area contributed by atoms with Gasteiger partial charge in [0.15, 0.2) is 0 Å². The summed E-state index contributed by atoms with van der Waals surface area (Å²) in [5.74, 6) is 1.41. The van der Waals surface area contributed by atoms with E-state index in [2.05, 4.69) is 15.3 Å². The number of nitrogen functional groups attached to an aromatic ring is 1. The molecule has 0 fully saturated rings. The number of nitrogens with two attached hydrogens (primary N) is 1. The number of ether oxygens (including phenoxy) is 1. The minimum atomic E-state index is -0.534. The summed E-state index contributed by atoms with van der Waals surface area (Å²) in [7, 11) is 1.64. The molecule has 4 rings (SSSR count). The Morgan fingerprint density at radius 1 is 1.22 bits per heavy atom. The maximum Gasteiger partial charge on any atom is 0.311 e. The summed E-state index contributed by atoms with van der Waals surface area (Å²) in [5.41, 5.74) is 9.87. The molecule has 0 atom stereocenters. The highest BCUT2D eigenvalue weighted by Crippen LogP contribution is 2.27. The van der Waals surface area contributed by atoms with Crippen LogP contribution in [0, 0.1) is 17.0 Å². The fraction of sp³-hybridized carbons (Fsp3) is 0.227. The van der Waals surface area contributed by atoms with Crippen molar-refractivity contribution in [3.8, 4) is 17.0 Å². The maximum absolute atomic E-state index is 10.9. The van der Waals surface area contributed by atoms with Crippen LogP contribution in [0.25, 0.3) is 16.9 Å². The van der Waals surface area contributed by atoms with Crippen LogP contribution in [0.4, 0.5) is 17.5 Å². The van der Waals surface area contributed by atoms with Gasteiger partial charge in [-0.15, -0.1) is 0 Å². The lowest BCUT2D eigenvalue weighted by molar-refractivity contribution is -0.384. The van der Waals surface area contributed by atoms with Crippen LogP contribution in [-0.4, -0.2) is 37.9 Å². The van der Waals surface area contributed by atoms with E-state index in [-0.39, 0.29) is 11.5 Å². The summed E-state index contributed by atoms with van der Waals surface area (Å²) < 4.78 is 7.19. The van der Waals surface area contributed by atoms with Crippen molar-refractivity contribution in [1.29, 1.82) is 0 Å². The number of nitrogens with one attached hydrogen (secondary N) is 1. The Hall–Kier alpha value is -4.21. The highest BCUT2D eigenvalue weighted by atomic mass is 16.6. The highest BCUT2D eigenvalue weighted by molar-refractivity contribution is 5.69. The van der Waals surface area contributed by atoms with Gasteiger partial charge in [0.1, 0.15) is 11.4 Å². The summed E-state index contributed by atoms with van der Waals surface area (Å²) in [6.45, 7) is 2.65. The van der Waals surface area contributed by atoms with Gasteiger partial charge in [0.2, 0.25) is 11.8 Å². The maximum atomic E-state index is 10.9. The number of benzene rings is 1. The molecule has 10 heteroatoms. The Labute approximate surface area is 184 Å². The second-order valence-electron chi connectivity index (χ2n) is 7.30. The van der Waals surface area contributed by atoms with Gasteiger partial charge in [0.05, 0.1) is 17.7 Å². The van der Waals surface area contributed by atoms with Crippen molar-refractivity contribution in [2.45, 2.75) is 19.8 Å². The van der Waals surface area contributed by atoms with E-state index < -0.39 is 4.92 Å². The summed E-state index contributed by atoms with van der Waals surface area (Å²) >= 11 is 0. The number of fused-ring (bicyclic) bond motifs is 1. The average Bonchev–Trinajstić information content (AvgIpc) is 3.25. The normalized spacial score (nSPS) is 10.9. The molecular formula is C22H23N7O3. The largest absolute Gasteiger partial charge is 0.497 e. The van der Waals surface area contributed by atoms with Crippen molar-refractivity contribution in [1.82, 2.24) is 19.4 Å². The first-order chi connectivity index (χ1) is 15.5. The fourth-order valence-electron chi connectivity index (χ4n) is 3.51. The molecule has 0 bridgehead atoms. The van der Waals surface area contributed by atoms with E-state index >= 15 is 0 Å². The minimum Gasteiger partial charge on any atom is -0.497 e. The van der Waals surface area contributed by atoms with Crippen molar-refractivity contribution in [2.75, 3.05) is 24.7 Å². The zero-order chi connectivity index (χ0) is 22.7. The number of nitro groups is 1. The van der Waals surface area contributed by atoms with Crippen LogP contribution in [0.15, 0.2) is 48.8 Å². The average molecular weight is 433 g/mol. The molecule has 0 aliphatic carbocycles. The number of aryl methyl sites for hydroxylation is 2. The Balaban J connectivity index is 1.49. The van der Waals surface area contributed by atoms with Gasteiger partial charge in [0, 0.05) is 42.3 Å². The standard InChI is InChI=1S/C22H23N7O3/c1-14-12-16(32-2)6-7-17(14)18-13-20-24-10-11-28(20)22(27-18)25-9-3-4-15-5-8-19(29(30)31)21(23)26-15/h5-8,10-13H,3-4,9H2,1-2H3,(H2,23,26)(H,25,27). The number of pyridine rings is 1. The summed E-state index contributed by atoms with van der Waals surface area (Å²) in [4.78, 5) is 23.7. The molecule has 1 aromatic carbocycles. The smallest absolute Gasteiger partial charge is 0.311 e. The Bertz CT molecular complexity index is 1290. The van der Waals surface area contributed by atoms with Gasteiger partial charge in [-0.3, -0.25) is 14.5 Å². The van der Waals surface area contributed by atoms with Crippen molar-refractivity contribution in [3.63, 3.8) is 0 Å². The molecule has 0 radical (unpaired) electrons. The highest BCUT2D eigenvalue weighted by Gasteiger charge is 2.13. The molecule has 0 spiro atoms. The molecular weight excluding hydrogens is 410 g/mol. The van der Waals surface area contributed by atoms with E-state index in [0.717, 1.165) is 34.6 Å². The van der Waals surface area contributed by atoms with Gasteiger partial charge in [-0.1, -0.05) is 0 Å². The Kier molecular flexibility index (Phi) is 5.84. The lowest BCUT2D eigenvalue weighted by Crippen LogP contribution is -2.10. The molecule has 164 valence electrons. The zero-order valence-electron chi connectivity index (χ0n) is 17.8. The van der Waals surface area contributed by atoms with E-state index in [1.807, 2.05) is 41.8 Å². The van der Waals surface area contributed by atoms with Gasteiger partial charge >= 0.3 is 5.69 Å².